The number of phenols is 1. The molecule has 1 heterocycles. The van der Waals surface area contributed by atoms with E-state index in [4.69, 9.17) is 4.74 Å². The third-order valence-corrected chi connectivity index (χ3v) is 5.34. The molecule has 4 rings (SSSR count). The monoisotopic (exact) mass is 429 g/mol. The lowest BCUT2D eigenvalue weighted by molar-refractivity contribution is -0.137. The minimum atomic E-state index is -4.65. The van der Waals surface area contributed by atoms with Crippen molar-refractivity contribution in [3.05, 3.63) is 66.2 Å². The van der Waals surface area contributed by atoms with Crippen LogP contribution in [-0.4, -0.2) is 17.2 Å². The summed E-state index contributed by atoms with van der Waals surface area (Å²) in [6.45, 7) is 0. The highest BCUT2D eigenvalue weighted by molar-refractivity contribution is 7.21. The molecule has 3 aromatic carbocycles. The maximum atomic E-state index is 13.1. The minimum Gasteiger partial charge on any atom is -0.508 e. The van der Waals surface area contributed by atoms with Crippen molar-refractivity contribution < 1.29 is 23.0 Å². The van der Waals surface area contributed by atoms with E-state index >= 15 is 0 Å². The van der Waals surface area contributed by atoms with Crippen LogP contribution in [0.3, 0.4) is 0 Å². The number of methoxy groups -OCH3 is 1. The first-order valence-electron chi connectivity index (χ1n) is 8.71. The summed E-state index contributed by atoms with van der Waals surface area (Å²) in [7, 11) is 1.59. The van der Waals surface area contributed by atoms with E-state index in [-0.39, 0.29) is 5.69 Å². The fourth-order valence-corrected chi connectivity index (χ4v) is 3.82. The van der Waals surface area contributed by atoms with E-state index in [1.165, 1.54) is 11.3 Å². The number of fused-ring (bicyclic) bond motifs is 1. The Morgan fingerprint density at radius 2 is 1.77 bits per heavy atom. The van der Waals surface area contributed by atoms with Crippen LogP contribution in [0.25, 0.3) is 20.8 Å². The predicted octanol–water partition coefficient (Wildman–Crippen LogP) is 7.11. The van der Waals surface area contributed by atoms with Gasteiger partial charge in [0.15, 0.2) is 0 Å². The molecule has 0 aliphatic rings. The Balaban J connectivity index is 1.61. The number of nitrogens with zero attached hydrogens (tertiary/aromatic N) is 3. The Bertz CT molecular complexity index is 1230. The number of ether oxygens (including phenoxy) is 1. The van der Waals surface area contributed by atoms with Crippen molar-refractivity contribution in [2.75, 3.05) is 7.11 Å². The van der Waals surface area contributed by atoms with Gasteiger partial charge in [-0.15, -0.1) is 16.5 Å². The molecule has 152 valence electrons. The maximum absolute atomic E-state index is 13.1. The van der Waals surface area contributed by atoms with Gasteiger partial charge in [-0.25, -0.2) is 4.98 Å². The summed E-state index contributed by atoms with van der Waals surface area (Å²) in [5.74, 6) is 0.202. The van der Waals surface area contributed by atoms with Gasteiger partial charge in [-0.2, -0.15) is 18.3 Å². The van der Waals surface area contributed by atoms with E-state index in [1.807, 2.05) is 18.2 Å². The molecule has 0 aliphatic carbocycles. The molecule has 0 bridgehead atoms. The van der Waals surface area contributed by atoms with E-state index in [0.29, 0.717) is 17.5 Å². The SMILES string of the molecule is COc1cccc2sc(-c3ccc(/N=N/c4ccc(O)cc4C(F)(F)F)cc3)nc12. The molecule has 9 heteroatoms. The van der Waals surface area contributed by atoms with Gasteiger partial charge >= 0.3 is 6.18 Å². The van der Waals surface area contributed by atoms with E-state index in [1.54, 1.807) is 31.4 Å². The molecular weight excluding hydrogens is 415 g/mol. The zero-order chi connectivity index (χ0) is 21.3. The summed E-state index contributed by atoms with van der Waals surface area (Å²) in [6.07, 6.45) is -4.65. The molecule has 4 aromatic rings. The molecule has 0 radical (unpaired) electrons. The number of hydrogen-bond donors (Lipinski definition) is 1. The van der Waals surface area contributed by atoms with Crippen LogP contribution in [0.1, 0.15) is 5.56 Å². The molecule has 0 atom stereocenters. The molecule has 0 spiro atoms. The number of hydrogen-bond acceptors (Lipinski definition) is 6. The number of phenolic OH excluding ortho intramolecular Hbond substituents is 1. The van der Waals surface area contributed by atoms with Gasteiger partial charge in [0.2, 0.25) is 0 Å². The van der Waals surface area contributed by atoms with E-state index in [0.717, 1.165) is 32.9 Å². The van der Waals surface area contributed by atoms with E-state index in [2.05, 4.69) is 15.2 Å². The van der Waals surface area contributed by atoms with Gasteiger partial charge in [0, 0.05) is 5.56 Å². The summed E-state index contributed by atoms with van der Waals surface area (Å²) in [5.41, 5.74) is 0.584. The highest BCUT2D eigenvalue weighted by atomic mass is 32.1. The molecule has 1 aromatic heterocycles. The first-order valence-corrected chi connectivity index (χ1v) is 9.53. The van der Waals surface area contributed by atoms with Gasteiger partial charge in [0.05, 0.1) is 28.7 Å². The quantitative estimate of drug-likeness (QED) is 0.352. The summed E-state index contributed by atoms with van der Waals surface area (Å²) >= 11 is 1.51. The predicted molar refractivity (Wildman–Crippen MR) is 109 cm³/mol. The van der Waals surface area contributed by atoms with Crippen LogP contribution >= 0.6 is 11.3 Å². The average molecular weight is 429 g/mol. The van der Waals surface area contributed by atoms with Gasteiger partial charge < -0.3 is 9.84 Å². The van der Waals surface area contributed by atoms with Gasteiger partial charge in [-0.05, 0) is 54.6 Å². The van der Waals surface area contributed by atoms with Crippen LogP contribution < -0.4 is 4.74 Å². The summed E-state index contributed by atoms with van der Waals surface area (Å²) < 4.78 is 45.6. The highest BCUT2D eigenvalue weighted by Crippen LogP contribution is 2.39. The van der Waals surface area contributed by atoms with Crippen LogP contribution in [0.5, 0.6) is 11.5 Å². The van der Waals surface area contributed by atoms with Gasteiger partial charge in [0.1, 0.15) is 22.0 Å². The third-order valence-electron chi connectivity index (χ3n) is 4.27. The normalized spacial score (nSPS) is 12.0. The third kappa shape index (κ3) is 3.97. The number of benzene rings is 3. The number of halogens is 3. The lowest BCUT2D eigenvalue weighted by Gasteiger charge is -2.09. The molecule has 0 saturated heterocycles. The fourth-order valence-electron chi connectivity index (χ4n) is 2.83. The number of aromatic hydroxyl groups is 1. The standard InChI is InChI=1S/C21H14F3N3O2S/c1-29-17-3-2-4-18-19(17)25-20(30-18)12-5-7-13(8-6-12)26-27-16-10-9-14(28)11-15(16)21(22,23)24/h2-11,28H,1H3/b27-26+. The average Bonchev–Trinajstić information content (AvgIpc) is 3.17. The molecule has 0 aliphatic heterocycles. The number of para-hydroxylation sites is 1. The van der Waals surface area contributed by atoms with Crippen LogP contribution in [-0.2, 0) is 6.18 Å². The maximum Gasteiger partial charge on any atom is 0.418 e. The zero-order valence-corrected chi connectivity index (χ0v) is 16.3. The van der Waals surface area contributed by atoms with Crippen molar-refractivity contribution in [1.82, 2.24) is 4.98 Å². The lowest BCUT2D eigenvalue weighted by Crippen LogP contribution is -2.04. The van der Waals surface area contributed by atoms with Crippen molar-refractivity contribution in [2.45, 2.75) is 6.18 Å². The van der Waals surface area contributed by atoms with Gasteiger partial charge in [-0.1, -0.05) is 6.07 Å². The molecule has 0 saturated carbocycles. The van der Waals surface area contributed by atoms with Crippen molar-refractivity contribution in [3.8, 4) is 22.1 Å². The second-order valence-corrected chi connectivity index (χ2v) is 7.30. The largest absolute Gasteiger partial charge is 0.508 e. The van der Waals surface area contributed by atoms with Crippen LogP contribution in [0.15, 0.2) is 70.9 Å². The first kappa shape index (κ1) is 19.8. The molecular formula is C21H14F3N3O2S. The van der Waals surface area contributed by atoms with E-state index < -0.39 is 17.5 Å². The van der Waals surface area contributed by atoms with Gasteiger partial charge in [-0.3, -0.25) is 0 Å². The molecule has 0 amide bonds. The van der Waals surface area contributed by atoms with E-state index in [9.17, 15) is 18.3 Å². The summed E-state index contributed by atoms with van der Waals surface area (Å²) in [6, 6.07) is 15.4. The molecule has 5 nitrogen and oxygen atoms in total. The van der Waals surface area contributed by atoms with Crippen molar-refractivity contribution in [3.63, 3.8) is 0 Å². The molecule has 0 fully saturated rings. The zero-order valence-electron chi connectivity index (χ0n) is 15.5. The van der Waals surface area contributed by atoms with Crippen molar-refractivity contribution >= 4 is 32.9 Å². The second-order valence-electron chi connectivity index (χ2n) is 6.27. The summed E-state index contributed by atoms with van der Waals surface area (Å²) in [4.78, 5) is 4.61. The minimum absolute atomic E-state index is 0.373. The smallest absolute Gasteiger partial charge is 0.418 e. The second kappa shape index (κ2) is 7.75. The topological polar surface area (TPSA) is 67.1 Å². The molecule has 0 unspecified atom stereocenters. The van der Waals surface area contributed by atoms with Crippen LogP contribution in [0.4, 0.5) is 24.5 Å². The van der Waals surface area contributed by atoms with Crippen LogP contribution in [0, 0.1) is 0 Å². The summed E-state index contributed by atoms with van der Waals surface area (Å²) in [5, 5.41) is 17.7. The lowest BCUT2D eigenvalue weighted by atomic mass is 10.1. The van der Waals surface area contributed by atoms with Crippen molar-refractivity contribution in [2.24, 2.45) is 10.2 Å². The van der Waals surface area contributed by atoms with Gasteiger partial charge in [0.25, 0.3) is 0 Å². The number of rotatable bonds is 4. The Hall–Kier alpha value is -3.46. The number of aromatic nitrogens is 1. The van der Waals surface area contributed by atoms with Crippen molar-refractivity contribution in [1.29, 1.82) is 0 Å². The molecule has 1 N–H and O–H groups in total. The Morgan fingerprint density at radius 3 is 2.47 bits per heavy atom. The number of azo groups is 1. The Kier molecular flexibility index (Phi) is 5.13. The first-order chi connectivity index (χ1) is 14.3. The Labute approximate surface area is 173 Å². The fraction of sp³-hybridized carbons (Fsp3) is 0.0952. The number of thiazole rings is 1. The molecule has 30 heavy (non-hydrogen) atoms. The Morgan fingerprint density at radius 1 is 1.00 bits per heavy atom. The van der Waals surface area contributed by atoms with Crippen LogP contribution in [0.2, 0.25) is 0 Å². The highest BCUT2D eigenvalue weighted by Gasteiger charge is 2.34. The number of alkyl halides is 3.